The lowest BCUT2D eigenvalue weighted by Gasteiger charge is -2.37. The quantitative estimate of drug-likeness (QED) is 0.709. The molecule has 2 atom stereocenters. The molecular formula is C12H21NO2. The van der Waals surface area contributed by atoms with Crippen LogP contribution in [0.2, 0.25) is 0 Å². The fraction of sp³-hybridized carbons (Fsp3) is 0.750. The molecule has 3 nitrogen and oxygen atoms in total. The molecule has 1 fully saturated rings. The molecule has 0 amide bonds. The molecule has 0 aromatic rings. The number of hydrogen-bond donors (Lipinski definition) is 1. The minimum absolute atomic E-state index is 0.148. The van der Waals surface area contributed by atoms with E-state index in [-0.39, 0.29) is 6.04 Å². The Hall–Kier alpha value is -0.830. The molecule has 0 aromatic heterocycles. The smallest absolute Gasteiger partial charge is 0.324 e. The molecule has 1 rings (SSSR count). The number of carboxylic acids is 1. The van der Waals surface area contributed by atoms with E-state index in [9.17, 15) is 9.90 Å². The second-order valence-corrected chi connectivity index (χ2v) is 4.36. The summed E-state index contributed by atoms with van der Waals surface area (Å²) in [7, 11) is 0. The highest BCUT2D eigenvalue weighted by atomic mass is 16.4. The van der Waals surface area contributed by atoms with Crippen molar-refractivity contribution in [1.82, 2.24) is 4.90 Å². The van der Waals surface area contributed by atoms with Gasteiger partial charge in [-0.3, -0.25) is 9.69 Å². The van der Waals surface area contributed by atoms with E-state index >= 15 is 0 Å². The molecule has 1 aliphatic heterocycles. The molecule has 0 bridgehead atoms. The van der Waals surface area contributed by atoms with Gasteiger partial charge in [0.2, 0.25) is 0 Å². The molecule has 86 valence electrons. The molecule has 0 aromatic carbocycles. The molecule has 0 spiro atoms. The molecule has 2 unspecified atom stereocenters. The molecule has 0 aliphatic carbocycles. The number of aliphatic carboxylic acids is 1. The summed E-state index contributed by atoms with van der Waals surface area (Å²) in [4.78, 5) is 13.6. The number of hydrogen-bond acceptors (Lipinski definition) is 2. The molecule has 1 N–H and O–H groups in total. The Morgan fingerprint density at radius 2 is 2.40 bits per heavy atom. The Morgan fingerprint density at radius 3 is 2.87 bits per heavy atom. The van der Waals surface area contributed by atoms with E-state index in [4.69, 9.17) is 0 Å². The van der Waals surface area contributed by atoms with Crippen LogP contribution in [0.3, 0.4) is 0 Å². The van der Waals surface area contributed by atoms with Gasteiger partial charge in [0.25, 0.3) is 0 Å². The Balaban J connectivity index is 2.94. The first-order valence-corrected chi connectivity index (χ1v) is 5.71. The van der Waals surface area contributed by atoms with Crippen molar-refractivity contribution in [3.8, 4) is 0 Å². The first-order valence-electron chi connectivity index (χ1n) is 5.71. The zero-order chi connectivity index (χ0) is 11.5. The van der Waals surface area contributed by atoms with Crippen LogP contribution < -0.4 is 0 Å². The van der Waals surface area contributed by atoms with Crippen LogP contribution >= 0.6 is 0 Å². The summed E-state index contributed by atoms with van der Waals surface area (Å²) in [5, 5.41) is 9.43. The Labute approximate surface area is 91.8 Å². The highest BCUT2D eigenvalue weighted by Crippen LogP contribution is 2.35. The summed E-state index contributed by atoms with van der Waals surface area (Å²) in [6, 6.07) is 0.148. The van der Waals surface area contributed by atoms with Gasteiger partial charge >= 0.3 is 5.97 Å². The first kappa shape index (κ1) is 12.2. The Bertz CT molecular complexity index is 252. The molecule has 1 heterocycles. The lowest BCUT2D eigenvalue weighted by molar-refractivity contribution is -0.151. The molecule has 0 radical (unpaired) electrons. The zero-order valence-electron chi connectivity index (χ0n) is 9.70. The Kier molecular flexibility index (Phi) is 3.91. The fourth-order valence-corrected chi connectivity index (χ4v) is 2.64. The van der Waals surface area contributed by atoms with Crippen molar-refractivity contribution in [2.45, 2.75) is 51.1 Å². The average molecular weight is 211 g/mol. The SMILES string of the molecule is C=CC(C)N1CCCC1(CCC)C(=O)O. The van der Waals surface area contributed by atoms with Crippen molar-refractivity contribution in [3.63, 3.8) is 0 Å². The van der Waals surface area contributed by atoms with Gasteiger partial charge in [0.15, 0.2) is 0 Å². The van der Waals surface area contributed by atoms with E-state index in [2.05, 4.69) is 11.5 Å². The Morgan fingerprint density at radius 1 is 1.73 bits per heavy atom. The maximum atomic E-state index is 11.5. The van der Waals surface area contributed by atoms with Gasteiger partial charge in [0.05, 0.1) is 0 Å². The van der Waals surface area contributed by atoms with Gasteiger partial charge in [0, 0.05) is 6.04 Å². The van der Waals surface area contributed by atoms with Gasteiger partial charge < -0.3 is 5.11 Å². The van der Waals surface area contributed by atoms with E-state index in [1.54, 1.807) is 0 Å². The first-order chi connectivity index (χ1) is 7.08. The van der Waals surface area contributed by atoms with E-state index < -0.39 is 11.5 Å². The van der Waals surface area contributed by atoms with Crippen LogP contribution in [0.25, 0.3) is 0 Å². The summed E-state index contributed by atoms with van der Waals surface area (Å²) >= 11 is 0. The van der Waals surface area contributed by atoms with Crippen molar-refractivity contribution >= 4 is 5.97 Å². The number of carbonyl (C=O) groups is 1. The van der Waals surface area contributed by atoms with Crippen LogP contribution in [0.4, 0.5) is 0 Å². The highest BCUT2D eigenvalue weighted by Gasteiger charge is 2.47. The second-order valence-electron chi connectivity index (χ2n) is 4.36. The summed E-state index contributed by atoms with van der Waals surface area (Å²) < 4.78 is 0. The molecule has 1 saturated heterocycles. The van der Waals surface area contributed by atoms with E-state index in [1.807, 2.05) is 19.9 Å². The van der Waals surface area contributed by atoms with Crippen LogP contribution in [0.15, 0.2) is 12.7 Å². The third kappa shape index (κ3) is 2.07. The van der Waals surface area contributed by atoms with Gasteiger partial charge in [-0.05, 0) is 32.7 Å². The van der Waals surface area contributed by atoms with Crippen LogP contribution in [0.1, 0.15) is 39.5 Å². The molecule has 1 aliphatic rings. The summed E-state index contributed by atoms with van der Waals surface area (Å²) in [5.41, 5.74) is -0.637. The van der Waals surface area contributed by atoms with E-state index in [0.29, 0.717) is 0 Å². The predicted octanol–water partition coefficient (Wildman–Crippen LogP) is 2.28. The van der Waals surface area contributed by atoms with Crippen molar-refractivity contribution in [2.75, 3.05) is 6.54 Å². The lowest BCUT2D eigenvalue weighted by Crippen LogP contribution is -2.53. The summed E-state index contributed by atoms with van der Waals surface area (Å²) in [6.07, 6.45) is 5.23. The largest absolute Gasteiger partial charge is 0.480 e. The third-order valence-corrected chi connectivity index (χ3v) is 3.43. The van der Waals surface area contributed by atoms with Crippen molar-refractivity contribution < 1.29 is 9.90 Å². The minimum Gasteiger partial charge on any atom is -0.480 e. The molecular weight excluding hydrogens is 190 g/mol. The number of likely N-dealkylation sites (tertiary alicyclic amines) is 1. The van der Waals surface area contributed by atoms with Gasteiger partial charge in [-0.2, -0.15) is 0 Å². The summed E-state index contributed by atoms with van der Waals surface area (Å²) in [6.45, 7) is 8.69. The summed E-state index contributed by atoms with van der Waals surface area (Å²) in [5.74, 6) is -0.671. The normalized spacial score (nSPS) is 28.9. The second kappa shape index (κ2) is 4.79. The maximum Gasteiger partial charge on any atom is 0.324 e. The van der Waals surface area contributed by atoms with Gasteiger partial charge in [-0.1, -0.05) is 19.4 Å². The van der Waals surface area contributed by atoms with Crippen LogP contribution in [-0.4, -0.2) is 34.1 Å². The minimum atomic E-state index is -0.671. The van der Waals surface area contributed by atoms with Gasteiger partial charge in [0.1, 0.15) is 5.54 Å². The number of carboxylic acid groups (broad SMARTS) is 1. The number of rotatable bonds is 5. The highest BCUT2D eigenvalue weighted by molar-refractivity contribution is 5.79. The monoisotopic (exact) mass is 211 g/mol. The van der Waals surface area contributed by atoms with E-state index in [1.165, 1.54) is 0 Å². The topological polar surface area (TPSA) is 40.5 Å². The number of nitrogens with zero attached hydrogens (tertiary/aromatic N) is 1. The standard InChI is InChI=1S/C12H21NO2/c1-4-7-12(11(14)15)8-6-9-13(12)10(3)5-2/h5,10H,2,4,6-9H2,1,3H3,(H,14,15). The van der Waals surface area contributed by atoms with E-state index in [0.717, 1.165) is 32.2 Å². The van der Waals surface area contributed by atoms with Gasteiger partial charge in [-0.15, -0.1) is 6.58 Å². The average Bonchev–Trinajstić information content (AvgIpc) is 2.62. The molecule has 0 saturated carbocycles. The molecule has 3 heteroatoms. The van der Waals surface area contributed by atoms with Crippen molar-refractivity contribution in [3.05, 3.63) is 12.7 Å². The predicted molar refractivity (Wildman–Crippen MR) is 60.9 cm³/mol. The van der Waals surface area contributed by atoms with Crippen molar-refractivity contribution in [1.29, 1.82) is 0 Å². The molecule has 15 heavy (non-hydrogen) atoms. The van der Waals surface area contributed by atoms with Gasteiger partial charge in [-0.25, -0.2) is 0 Å². The van der Waals surface area contributed by atoms with Crippen LogP contribution in [-0.2, 0) is 4.79 Å². The van der Waals surface area contributed by atoms with Crippen LogP contribution in [0, 0.1) is 0 Å². The lowest BCUT2D eigenvalue weighted by atomic mass is 9.90. The maximum absolute atomic E-state index is 11.5. The fourth-order valence-electron chi connectivity index (χ4n) is 2.64. The zero-order valence-corrected chi connectivity index (χ0v) is 9.70. The van der Waals surface area contributed by atoms with Crippen molar-refractivity contribution in [2.24, 2.45) is 0 Å². The third-order valence-electron chi connectivity index (χ3n) is 3.43. The van der Waals surface area contributed by atoms with Crippen LogP contribution in [0.5, 0.6) is 0 Å².